The predicted octanol–water partition coefficient (Wildman–Crippen LogP) is 0.888. The topological polar surface area (TPSA) is 80.1 Å². The molecule has 1 unspecified atom stereocenters. The van der Waals surface area contributed by atoms with Crippen LogP contribution in [0.25, 0.3) is 0 Å². The molecule has 0 spiro atoms. The van der Waals surface area contributed by atoms with Crippen LogP contribution in [0, 0.1) is 0 Å². The first-order valence-electron chi connectivity index (χ1n) is 7.58. The molecular weight excluding hydrogens is 294 g/mol. The molecule has 3 rings (SSSR count). The maximum Gasteiger partial charge on any atom is 0.222 e. The molecule has 7 nitrogen and oxygen atoms in total. The summed E-state index contributed by atoms with van der Waals surface area (Å²) in [5, 5.41) is 7.16. The number of nitrogens with zero attached hydrogens (tertiary/aromatic N) is 4. The fraction of sp³-hybridized carbons (Fsp3) is 0.375. The van der Waals surface area contributed by atoms with Gasteiger partial charge in [0.15, 0.2) is 0 Å². The number of pyridine rings is 1. The lowest BCUT2D eigenvalue weighted by molar-refractivity contribution is -0.132. The molecule has 3 heterocycles. The maximum absolute atomic E-state index is 12.2. The van der Waals surface area contributed by atoms with Crippen molar-refractivity contribution in [1.29, 1.82) is 0 Å². The summed E-state index contributed by atoms with van der Waals surface area (Å²) in [6.07, 6.45) is 3.69. The van der Waals surface area contributed by atoms with E-state index in [0.29, 0.717) is 19.6 Å². The third kappa shape index (κ3) is 3.56. The number of hydrogen-bond donors (Lipinski definition) is 1. The Labute approximate surface area is 134 Å². The van der Waals surface area contributed by atoms with Crippen LogP contribution in [0.15, 0.2) is 36.7 Å². The summed E-state index contributed by atoms with van der Waals surface area (Å²) in [5.74, 6) is -0.0659. The molecule has 0 saturated heterocycles. The number of fused-ring (bicyclic) bond motifs is 1. The molecule has 1 aliphatic heterocycles. The van der Waals surface area contributed by atoms with Crippen LogP contribution in [0.3, 0.4) is 0 Å². The van der Waals surface area contributed by atoms with Crippen LogP contribution >= 0.6 is 0 Å². The Balaban J connectivity index is 1.62. The SMILES string of the molecule is CC(=O)N1Cc2ccnn2C(CC(=O)NCc2ccccn2)C1. The van der Waals surface area contributed by atoms with Crippen LogP contribution in [-0.2, 0) is 22.7 Å². The van der Waals surface area contributed by atoms with Gasteiger partial charge in [0.25, 0.3) is 0 Å². The molecule has 1 N–H and O–H groups in total. The van der Waals surface area contributed by atoms with Crippen molar-refractivity contribution in [2.24, 2.45) is 0 Å². The van der Waals surface area contributed by atoms with Gasteiger partial charge in [-0.15, -0.1) is 0 Å². The van der Waals surface area contributed by atoms with Crippen molar-refractivity contribution in [1.82, 2.24) is 25.0 Å². The average Bonchev–Trinajstić information content (AvgIpc) is 3.02. The molecule has 0 bridgehead atoms. The summed E-state index contributed by atoms with van der Waals surface area (Å²) in [5.41, 5.74) is 1.77. The summed E-state index contributed by atoms with van der Waals surface area (Å²) in [7, 11) is 0. The standard InChI is InChI=1S/C16H19N5O2/c1-12(22)20-10-14-5-7-19-21(14)15(11-20)8-16(23)18-9-13-4-2-3-6-17-13/h2-7,15H,8-11H2,1H3,(H,18,23). The summed E-state index contributed by atoms with van der Waals surface area (Å²) in [4.78, 5) is 29.8. The number of carbonyl (C=O) groups is 2. The van der Waals surface area contributed by atoms with E-state index in [9.17, 15) is 9.59 Å². The number of rotatable bonds is 4. The molecule has 0 aromatic carbocycles. The first-order valence-corrected chi connectivity index (χ1v) is 7.58. The zero-order valence-corrected chi connectivity index (χ0v) is 13.0. The second-order valence-electron chi connectivity index (χ2n) is 5.62. The Morgan fingerprint density at radius 3 is 2.91 bits per heavy atom. The van der Waals surface area contributed by atoms with Crippen molar-refractivity contribution in [3.8, 4) is 0 Å². The molecule has 1 aliphatic rings. The van der Waals surface area contributed by atoms with E-state index in [1.807, 2.05) is 28.9 Å². The average molecular weight is 313 g/mol. The number of carbonyl (C=O) groups excluding carboxylic acids is 2. The highest BCUT2D eigenvalue weighted by Gasteiger charge is 2.28. The molecule has 0 aliphatic carbocycles. The molecular formula is C16H19N5O2. The monoisotopic (exact) mass is 313 g/mol. The van der Waals surface area contributed by atoms with Gasteiger partial charge in [-0.25, -0.2) is 0 Å². The van der Waals surface area contributed by atoms with Gasteiger partial charge in [0.05, 0.1) is 36.9 Å². The van der Waals surface area contributed by atoms with Gasteiger partial charge in [0, 0.05) is 25.9 Å². The Morgan fingerprint density at radius 1 is 1.30 bits per heavy atom. The van der Waals surface area contributed by atoms with Gasteiger partial charge < -0.3 is 10.2 Å². The van der Waals surface area contributed by atoms with Crippen LogP contribution in [0.4, 0.5) is 0 Å². The van der Waals surface area contributed by atoms with Crippen LogP contribution < -0.4 is 5.32 Å². The molecule has 7 heteroatoms. The van der Waals surface area contributed by atoms with Gasteiger partial charge in [-0.1, -0.05) is 6.07 Å². The highest BCUT2D eigenvalue weighted by atomic mass is 16.2. The number of hydrogen-bond acceptors (Lipinski definition) is 4. The van der Waals surface area contributed by atoms with Crippen molar-refractivity contribution in [2.75, 3.05) is 6.54 Å². The molecule has 0 fully saturated rings. The normalized spacial score (nSPS) is 16.7. The van der Waals surface area contributed by atoms with Gasteiger partial charge in [-0.3, -0.25) is 19.3 Å². The molecule has 120 valence electrons. The Kier molecular flexibility index (Phi) is 4.36. The smallest absolute Gasteiger partial charge is 0.222 e. The van der Waals surface area contributed by atoms with Gasteiger partial charge in [-0.2, -0.15) is 5.10 Å². The lowest BCUT2D eigenvalue weighted by Crippen LogP contribution is -2.42. The van der Waals surface area contributed by atoms with E-state index in [2.05, 4.69) is 15.4 Å². The van der Waals surface area contributed by atoms with Crippen molar-refractivity contribution in [3.63, 3.8) is 0 Å². The molecule has 23 heavy (non-hydrogen) atoms. The van der Waals surface area contributed by atoms with Crippen LogP contribution in [0.5, 0.6) is 0 Å². The fourth-order valence-corrected chi connectivity index (χ4v) is 2.76. The summed E-state index contributed by atoms with van der Waals surface area (Å²) < 4.78 is 1.85. The third-order valence-corrected chi connectivity index (χ3v) is 3.94. The molecule has 2 aromatic rings. The van der Waals surface area contributed by atoms with Gasteiger partial charge in [0.1, 0.15) is 0 Å². The zero-order valence-electron chi connectivity index (χ0n) is 13.0. The minimum Gasteiger partial charge on any atom is -0.350 e. The summed E-state index contributed by atoms with van der Waals surface area (Å²) >= 11 is 0. The van der Waals surface area contributed by atoms with E-state index in [1.54, 1.807) is 24.2 Å². The minimum atomic E-state index is -0.138. The molecule has 0 saturated carbocycles. The van der Waals surface area contributed by atoms with E-state index < -0.39 is 0 Å². The lowest BCUT2D eigenvalue weighted by Gasteiger charge is -2.33. The minimum absolute atomic E-state index is 0.0105. The number of amides is 2. The van der Waals surface area contributed by atoms with Gasteiger partial charge >= 0.3 is 0 Å². The Bertz CT molecular complexity index is 698. The molecule has 1 atom stereocenters. The predicted molar refractivity (Wildman–Crippen MR) is 83.1 cm³/mol. The van der Waals surface area contributed by atoms with Crippen LogP contribution in [0.2, 0.25) is 0 Å². The van der Waals surface area contributed by atoms with Crippen molar-refractivity contribution >= 4 is 11.8 Å². The zero-order chi connectivity index (χ0) is 16.2. The van der Waals surface area contributed by atoms with E-state index in [-0.39, 0.29) is 24.3 Å². The largest absolute Gasteiger partial charge is 0.350 e. The van der Waals surface area contributed by atoms with Crippen LogP contribution in [0.1, 0.15) is 30.8 Å². The Hall–Kier alpha value is -2.70. The summed E-state index contributed by atoms with van der Waals surface area (Å²) in [6.45, 7) is 2.99. The van der Waals surface area contributed by atoms with Crippen molar-refractivity contribution < 1.29 is 9.59 Å². The third-order valence-electron chi connectivity index (χ3n) is 3.94. The molecule has 2 amide bonds. The van der Waals surface area contributed by atoms with Gasteiger partial charge in [0.2, 0.25) is 11.8 Å². The molecule has 2 aromatic heterocycles. The van der Waals surface area contributed by atoms with E-state index in [1.165, 1.54) is 0 Å². The quantitative estimate of drug-likeness (QED) is 0.909. The first-order chi connectivity index (χ1) is 11.1. The van der Waals surface area contributed by atoms with Crippen LogP contribution in [-0.4, -0.2) is 38.0 Å². The molecule has 0 radical (unpaired) electrons. The fourth-order valence-electron chi connectivity index (χ4n) is 2.76. The van der Waals surface area contributed by atoms with Gasteiger partial charge in [-0.05, 0) is 18.2 Å². The van der Waals surface area contributed by atoms with Crippen molar-refractivity contribution in [2.45, 2.75) is 32.5 Å². The van der Waals surface area contributed by atoms with E-state index in [0.717, 1.165) is 11.4 Å². The van der Waals surface area contributed by atoms with Crippen molar-refractivity contribution in [3.05, 3.63) is 48.0 Å². The second-order valence-corrected chi connectivity index (χ2v) is 5.62. The highest BCUT2D eigenvalue weighted by molar-refractivity contribution is 5.77. The number of nitrogens with one attached hydrogen (secondary N) is 1. The highest BCUT2D eigenvalue weighted by Crippen LogP contribution is 2.22. The maximum atomic E-state index is 12.2. The summed E-state index contributed by atoms with van der Waals surface area (Å²) in [6, 6.07) is 7.33. The lowest BCUT2D eigenvalue weighted by atomic mass is 10.1. The Morgan fingerprint density at radius 2 is 2.17 bits per heavy atom. The van der Waals surface area contributed by atoms with E-state index in [4.69, 9.17) is 0 Å². The first kappa shape index (κ1) is 15.2. The number of aromatic nitrogens is 3. The van der Waals surface area contributed by atoms with E-state index >= 15 is 0 Å². The second kappa shape index (κ2) is 6.60.